The zero-order valence-electron chi connectivity index (χ0n) is 27.7. The maximum absolute atomic E-state index is 13.4. The van der Waals surface area contributed by atoms with Gasteiger partial charge in [0.05, 0.1) is 26.4 Å². The van der Waals surface area contributed by atoms with Gasteiger partial charge in [-0.3, -0.25) is 9.59 Å². The van der Waals surface area contributed by atoms with E-state index in [2.05, 4.69) is 0 Å². The van der Waals surface area contributed by atoms with E-state index in [4.69, 9.17) is 28.4 Å². The quantitative estimate of drug-likeness (QED) is 0.206. The molecule has 4 bridgehead atoms. The van der Waals surface area contributed by atoms with Crippen molar-refractivity contribution in [2.45, 2.75) is 24.3 Å². The molecule has 10 nitrogen and oxygen atoms in total. The van der Waals surface area contributed by atoms with E-state index < -0.39 is 12.2 Å². The molecule has 10 heteroatoms. The van der Waals surface area contributed by atoms with Crippen LogP contribution in [0.15, 0.2) is 121 Å². The van der Waals surface area contributed by atoms with Crippen molar-refractivity contribution in [3.8, 4) is 23.0 Å². The van der Waals surface area contributed by atoms with Gasteiger partial charge in [0.2, 0.25) is 12.2 Å². The molecule has 258 valence electrons. The average Bonchev–Trinajstić information content (AvgIpc) is 3.16. The molecule has 4 aromatic rings. The van der Waals surface area contributed by atoms with Crippen molar-refractivity contribution in [1.82, 2.24) is 9.80 Å². The van der Waals surface area contributed by atoms with E-state index in [1.807, 2.05) is 121 Å². The molecule has 2 fully saturated rings. The Bertz CT molecular complexity index is 1640. The molecule has 9 rings (SSSR count). The van der Waals surface area contributed by atoms with Crippen LogP contribution in [0.1, 0.15) is 23.2 Å². The van der Waals surface area contributed by atoms with Gasteiger partial charge in [-0.05, 0) is 47.5 Å². The standard InChI is InChI=1S/C40H40N2O8/c43-39-37-35(29-13-3-1-4-14-29)41(39)21-25-45-27-28-46-26-22-42-36(30-15-5-2-6-16-30)38(40(42)44)50-34-20-10-8-18-32(34)48-24-12-11-23-47-31-17-7-9-19-33(31)49-37/h1-20,35-38H,21-28H2/b12-11+/t35-,36+,37+,38-. The zero-order chi connectivity index (χ0) is 34.1. The van der Waals surface area contributed by atoms with Gasteiger partial charge in [-0.25, -0.2) is 0 Å². The Kier molecular flexibility index (Phi) is 10.6. The van der Waals surface area contributed by atoms with Crippen LogP contribution in [0.2, 0.25) is 0 Å². The molecule has 2 amide bonds. The Morgan fingerprint density at radius 1 is 0.460 bits per heavy atom. The minimum Gasteiger partial charge on any atom is -0.486 e. The third-order valence-electron chi connectivity index (χ3n) is 8.95. The van der Waals surface area contributed by atoms with Crippen molar-refractivity contribution in [3.05, 3.63) is 132 Å². The molecule has 5 aliphatic rings. The molecule has 0 aromatic heterocycles. The fraction of sp³-hybridized carbons (Fsp3) is 0.300. The van der Waals surface area contributed by atoms with Crippen LogP contribution in [0.5, 0.6) is 23.0 Å². The van der Waals surface area contributed by atoms with E-state index >= 15 is 0 Å². The number of rotatable bonds is 2. The largest absolute Gasteiger partial charge is 0.486 e. The van der Waals surface area contributed by atoms with E-state index in [9.17, 15) is 9.59 Å². The minimum absolute atomic E-state index is 0.109. The summed E-state index contributed by atoms with van der Waals surface area (Å²) in [7, 11) is 0. The first-order valence-corrected chi connectivity index (χ1v) is 17.0. The topological polar surface area (TPSA) is 96.0 Å². The Morgan fingerprint density at radius 3 is 1.26 bits per heavy atom. The molecule has 0 spiro atoms. The Hall–Kier alpha value is -5.32. The minimum atomic E-state index is -0.696. The second-order valence-electron chi connectivity index (χ2n) is 12.1. The highest BCUT2D eigenvalue weighted by molar-refractivity contribution is 5.90. The highest BCUT2D eigenvalue weighted by Gasteiger charge is 2.51. The molecule has 5 aliphatic heterocycles. The summed E-state index contributed by atoms with van der Waals surface area (Å²) in [6.45, 7) is 2.77. The number of amides is 2. The molecule has 0 aliphatic carbocycles. The molecule has 0 N–H and O–H groups in total. The maximum atomic E-state index is 13.4. The number of ether oxygens (including phenoxy) is 6. The molecule has 4 aromatic carbocycles. The van der Waals surface area contributed by atoms with Crippen LogP contribution in [0.3, 0.4) is 0 Å². The number of carbonyl (C=O) groups excluding carboxylic acids is 2. The van der Waals surface area contributed by atoms with Crippen molar-refractivity contribution < 1.29 is 38.0 Å². The number of hydrogen-bond donors (Lipinski definition) is 0. The van der Waals surface area contributed by atoms with Crippen molar-refractivity contribution >= 4 is 11.8 Å². The number of β-lactam (4-membered cyclic amide) rings is 2. The molecule has 0 radical (unpaired) electrons. The van der Waals surface area contributed by atoms with Crippen LogP contribution in [-0.4, -0.2) is 86.6 Å². The molecule has 50 heavy (non-hydrogen) atoms. The highest BCUT2D eigenvalue weighted by Crippen LogP contribution is 2.41. The van der Waals surface area contributed by atoms with E-state index in [0.29, 0.717) is 62.5 Å². The van der Waals surface area contributed by atoms with Crippen molar-refractivity contribution in [1.29, 1.82) is 0 Å². The van der Waals surface area contributed by atoms with Gasteiger partial charge in [0.1, 0.15) is 25.3 Å². The lowest BCUT2D eigenvalue weighted by atomic mass is 9.90. The lowest BCUT2D eigenvalue weighted by Crippen LogP contribution is -2.62. The Balaban J connectivity index is 1.08. The van der Waals surface area contributed by atoms with Gasteiger partial charge in [-0.2, -0.15) is 0 Å². The molecule has 2 saturated heterocycles. The number of nitrogens with zero attached hydrogens (tertiary/aromatic N) is 2. The summed E-state index contributed by atoms with van der Waals surface area (Å²) < 4.78 is 36.5. The summed E-state index contributed by atoms with van der Waals surface area (Å²) in [4.78, 5) is 30.4. The van der Waals surface area contributed by atoms with Crippen LogP contribution in [0.25, 0.3) is 0 Å². The zero-order valence-corrected chi connectivity index (χ0v) is 27.7. The van der Waals surface area contributed by atoms with Crippen LogP contribution >= 0.6 is 0 Å². The van der Waals surface area contributed by atoms with Gasteiger partial charge in [0, 0.05) is 13.1 Å². The highest BCUT2D eigenvalue weighted by atomic mass is 16.5. The van der Waals surface area contributed by atoms with Gasteiger partial charge < -0.3 is 38.2 Å². The lowest BCUT2D eigenvalue weighted by molar-refractivity contribution is -0.166. The van der Waals surface area contributed by atoms with Gasteiger partial charge in [-0.15, -0.1) is 0 Å². The molecule has 4 atom stereocenters. The summed E-state index contributed by atoms with van der Waals surface area (Å²) in [5, 5.41) is 0. The number of hydrogen-bond acceptors (Lipinski definition) is 8. The number of para-hydroxylation sites is 4. The second kappa shape index (κ2) is 15.9. The summed E-state index contributed by atoms with van der Waals surface area (Å²) in [6.07, 6.45) is 2.32. The predicted octanol–water partition coefficient (Wildman–Crippen LogP) is 5.41. The summed E-state index contributed by atoms with van der Waals surface area (Å²) in [5.74, 6) is 1.84. The maximum Gasteiger partial charge on any atom is 0.266 e. The van der Waals surface area contributed by atoms with Gasteiger partial charge in [0.15, 0.2) is 23.0 Å². The third kappa shape index (κ3) is 7.31. The van der Waals surface area contributed by atoms with Gasteiger partial charge in [-0.1, -0.05) is 84.9 Å². The first-order chi connectivity index (χ1) is 24.7. The van der Waals surface area contributed by atoms with E-state index in [0.717, 1.165) is 11.1 Å². The van der Waals surface area contributed by atoms with Gasteiger partial charge in [0.25, 0.3) is 11.8 Å². The van der Waals surface area contributed by atoms with Crippen LogP contribution in [0, 0.1) is 0 Å². The molecular weight excluding hydrogens is 636 g/mol. The van der Waals surface area contributed by atoms with Crippen LogP contribution in [0.4, 0.5) is 0 Å². The lowest BCUT2D eigenvalue weighted by Gasteiger charge is -2.47. The molecule has 0 saturated carbocycles. The first kappa shape index (κ1) is 33.2. The van der Waals surface area contributed by atoms with E-state index in [1.54, 1.807) is 9.80 Å². The second-order valence-corrected chi connectivity index (χ2v) is 12.1. The summed E-state index contributed by atoms with van der Waals surface area (Å²) in [5.41, 5.74) is 1.97. The van der Waals surface area contributed by atoms with E-state index in [1.165, 1.54) is 0 Å². The normalized spacial score (nSPS) is 24.0. The molecule has 5 heterocycles. The average molecular weight is 677 g/mol. The van der Waals surface area contributed by atoms with Crippen LogP contribution in [-0.2, 0) is 19.1 Å². The predicted molar refractivity (Wildman–Crippen MR) is 185 cm³/mol. The van der Waals surface area contributed by atoms with Crippen molar-refractivity contribution in [2.75, 3.05) is 52.7 Å². The monoisotopic (exact) mass is 676 g/mol. The van der Waals surface area contributed by atoms with Crippen molar-refractivity contribution in [3.63, 3.8) is 0 Å². The Morgan fingerprint density at radius 2 is 0.840 bits per heavy atom. The SMILES string of the molecule is O=C1[C@H]2Oc3ccccc3OC/C=C/COc3ccccc3O[C@H]3C(=O)N(CCOCCOCCN1[C@@H]2c1ccccc1)[C@H]3c1ccccc1. The Labute approximate surface area is 291 Å². The van der Waals surface area contributed by atoms with Crippen LogP contribution < -0.4 is 18.9 Å². The van der Waals surface area contributed by atoms with E-state index in [-0.39, 0.29) is 37.1 Å². The number of carbonyl (C=O) groups is 2. The fourth-order valence-corrected chi connectivity index (χ4v) is 6.44. The summed E-state index contributed by atoms with van der Waals surface area (Å²) >= 11 is 0. The smallest absolute Gasteiger partial charge is 0.266 e. The first-order valence-electron chi connectivity index (χ1n) is 17.0. The van der Waals surface area contributed by atoms with Crippen molar-refractivity contribution in [2.24, 2.45) is 0 Å². The number of benzene rings is 4. The third-order valence-corrected chi connectivity index (χ3v) is 8.95. The molecule has 0 unspecified atom stereocenters. The summed E-state index contributed by atoms with van der Waals surface area (Å²) in [6, 6.07) is 33.9. The fourth-order valence-electron chi connectivity index (χ4n) is 6.44. The van der Waals surface area contributed by atoms with Gasteiger partial charge >= 0.3 is 0 Å². The molecular formula is C40H40N2O8.